The van der Waals surface area contributed by atoms with E-state index >= 15 is 0 Å². The van der Waals surface area contributed by atoms with Crippen molar-refractivity contribution in [2.45, 2.75) is 37.6 Å². The summed E-state index contributed by atoms with van der Waals surface area (Å²) in [4.78, 5) is 21.9. The predicted octanol–water partition coefficient (Wildman–Crippen LogP) is 4.85. The van der Waals surface area contributed by atoms with Gasteiger partial charge in [0, 0.05) is 17.0 Å². The molecule has 4 nitrogen and oxygen atoms in total. The molecule has 0 bridgehead atoms. The SMILES string of the molecule is Cc1cccc(C)c1NC(=O)CSc1nc(C2CC2)nc2ccccc12. The summed E-state index contributed by atoms with van der Waals surface area (Å²) in [6.07, 6.45) is 2.32. The first kappa shape index (κ1) is 17.0. The summed E-state index contributed by atoms with van der Waals surface area (Å²) in [7, 11) is 0. The molecule has 1 N–H and O–H groups in total. The molecule has 1 heterocycles. The van der Waals surface area contributed by atoms with Crippen LogP contribution in [0.3, 0.4) is 0 Å². The fraction of sp³-hybridized carbons (Fsp3) is 0.286. The van der Waals surface area contributed by atoms with Crippen molar-refractivity contribution in [1.82, 2.24) is 9.97 Å². The summed E-state index contributed by atoms with van der Waals surface area (Å²) >= 11 is 1.49. The van der Waals surface area contributed by atoms with Crippen molar-refractivity contribution < 1.29 is 4.79 Å². The number of thioether (sulfide) groups is 1. The minimum absolute atomic E-state index is 0.0111. The van der Waals surface area contributed by atoms with E-state index in [0.717, 1.165) is 51.4 Å². The minimum atomic E-state index is -0.0111. The zero-order valence-electron chi connectivity index (χ0n) is 15.0. The van der Waals surface area contributed by atoms with Gasteiger partial charge in [-0.3, -0.25) is 4.79 Å². The van der Waals surface area contributed by atoms with Gasteiger partial charge in [-0.1, -0.05) is 48.2 Å². The third-order valence-corrected chi connectivity index (χ3v) is 5.60. The van der Waals surface area contributed by atoms with Crippen molar-refractivity contribution in [2.24, 2.45) is 0 Å². The average molecular weight is 363 g/mol. The molecule has 1 saturated carbocycles. The standard InChI is InChI=1S/C21H21N3OS/c1-13-6-5-7-14(2)19(13)23-18(25)12-26-21-16-8-3-4-9-17(16)22-20(24-21)15-10-11-15/h3-9,15H,10-12H2,1-2H3,(H,23,25). The highest BCUT2D eigenvalue weighted by atomic mass is 32.2. The van der Waals surface area contributed by atoms with Crippen LogP contribution >= 0.6 is 11.8 Å². The van der Waals surface area contributed by atoms with Gasteiger partial charge in [-0.15, -0.1) is 0 Å². The zero-order chi connectivity index (χ0) is 18.1. The van der Waals surface area contributed by atoms with Crippen LogP contribution in [-0.2, 0) is 4.79 Å². The van der Waals surface area contributed by atoms with Crippen LogP contribution in [0.5, 0.6) is 0 Å². The van der Waals surface area contributed by atoms with E-state index in [0.29, 0.717) is 11.7 Å². The van der Waals surface area contributed by atoms with Crippen LogP contribution in [0.4, 0.5) is 5.69 Å². The molecule has 0 radical (unpaired) electrons. The van der Waals surface area contributed by atoms with Crippen molar-refractivity contribution in [3.05, 3.63) is 59.4 Å². The van der Waals surface area contributed by atoms with E-state index in [4.69, 9.17) is 9.97 Å². The van der Waals surface area contributed by atoms with Gasteiger partial charge < -0.3 is 5.32 Å². The van der Waals surface area contributed by atoms with Crippen molar-refractivity contribution in [3.8, 4) is 0 Å². The summed E-state index contributed by atoms with van der Waals surface area (Å²) in [5.74, 6) is 1.73. The Labute approximate surface area is 157 Å². The van der Waals surface area contributed by atoms with Gasteiger partial charge in [-0.2, -0.15) is 0 Å². The molecule has 1 aliphatic carbocycles. The summed E-state index contributed by atoms with van der Waals surface area (Å²) in [5.41, 5.74) is 4.02. The number of hydrogen-bond donors (Lipinski definition) is 1. The van der Waals surface area contributed by atoms with Crippen molar-refractivity contribution >= 4 is 34.3 Å². The molecule has 3 aromatic rings. The van der Waals surface area contributed by atoms with E-state index < -0.39 is 0 Å². The molecule has 1 aromatic heterocycles. The van der Waals surface area contributed by atoms with Gasteiger partial charge in [-0.05, 0) is 43.9 Å². The third-order valence-electron chi connectivity index (χ3n) is 4.61. The van der Waals surface area contributed by atoms with E-state index in [1.165, 1.54) is 11.8 Å². The van der Waals surface area contributed by atoms with E-state index in [1.807, 2.05) is 56.3 Å². The number of amides is 1. The number of para-hydroxylation sites is 2. The van der Waals surface area contributed by atoms with Gasteiger partial charge in [-0.25, -0.2) is 9.97 Å². The second kappa shape index (κ2) is 7.08. The number of nitrogens with zero attached hydrogens (tertiary/aromatic N) is 2. The summed E-state index contributed by atoms with van der Waals surface area (Å²) in [6.45, 7) is 4.02. The van der Waals surface area contributed by atoms with Crippen LogP contribution < -0.4 is 5.32 Å². The molecule has 26 heavy (non-hydrogen) atoms. The van der Waals surface area contributed by atoms with Gasteiger partial charge in [0.25, 0.3) is 0 Å². The highest BCUT2D eigenvalue weighted by Gasteiger charge is 2.27. The lowest BCUT2D eigenvalue weighted by molar-refractivity contribution is -0.113. The quantitative estimate of drug-likeness (QED) is 0.520. The van der Waals surface area contributed by atoms with Crippen molar-refractivity contribution in [3.63, 3.8) is 0 Å². The fourth-order valence-electron chi connectivity index (χ4n) is 3.02. The van der Waals surface area contributed by atoms with Gasteiger partial charge in [0.2, 0.25) is 5.91 Å². The summed E-state index contributed by atoms with van der Waals surface area (Å²) < 4.78 is 0. The summed E-state index contributed by atoms with van der Waals surface area (Å²) in [6, 6.07) is 14.0. The number of benzene rings is 2. The molecule has 0 spiro atoms. The van der Waals surface area contributed by atoms with Gasteiger partial charge in [0.1, 0.15) is 10.9 Å². The second-order valence-corrected chi connectivity index (χ2v) is 7.75. The van der Waals surface area contributed by atoms with Crippen LogP contribution in [0.25, 0.3) is 10.9 Å². The van der Waals surface area contributed by atoms with Crippen molar-refractivity contribution in [2.75, 3.05) is 11.1 Å². The molecule has 5 heteroatoms. The van der Waals surface area contributed by atoms with Gasteiger partial charge in [0.05, 0.1) is 11.3 Å². The lowest BCUT2D eigenvalue weighted by Crippen LogP contribution is -2.16. The maximum atomic E-state index is 12.5. The number of carbonyl (C=O) groups excluding carboxylic acids is 1. The third kappa shape index (κ3) is 3.58. The van der Waals surface area contributed by atoms with E-state index in [2.05, 4.69) is 5.32 Å². The Morgan fingerprint density at radius 3 is 2.54 bits per heavy atom. The first-order valence-electron chi connectivity index (χ1n) is 8.87. The molecule has 0 saturated heterocycles. The number of hydrogen-bond acceptors (Lipinski definition) is 4. The topological polar surface area (TPSA) is 54.9 Å². The van der Waals surface area contributed by atoms with E-state index in [9.17, 15) is 4.79 Å². The molecule has 2 aromatic carbocycles. The Bertz CT molecular complexity index is 962. The highest BCUT2D eigenvalue weighted by molar-refractivity contribution is 8.00. The van der Waals surface area contributed by atoms with Gasteiger partial charge >= 0.3 is 0 Å². The average Bonchev–Trinajstić information content (AvgIpc) is 3.48. The monoisotopic (exact) mass is 363 g/mol. The first-order valence-corrected chi connectivity index (χ1v) is 9.86. The molecule has 132 valence electrons. The molecular formula is C21H21N3OS. The van der Waals surface area contributed by atoms with Crippen LogP contribution in [0.1, 0.15) is 35.7 Å². The maximum Gasteiger partial charge on any atom is 0.234 e. The molecule has 1 fully saturated rings. The molecule has 0 atom stereocenters. The Kier molecular flexibility index (Phi) is 4.64. The first-order chi connectivity index (χ1) is 12.6. The summed E-state index contributed by atoms with van der Waals surface area (Å²) in [5, 5.41) is 4.96. The van der Waals surface area contributed by atoms with E-state index in [1.54, 1.807) is 0 Å². The number of aromatic nitrogens is 2. The lowest BCUT2D eigenvalue weighted by atomic mass is 10.1. The predicted molar refractivity (Wildman–Crippen MR) is 107 cm³/mol. The Morgan fingerprint density at radius 2 is 1.81 bits per heavy atom. The molecule has 4 rings (SSSR count). The number of rotatable bonds is 5. The number of fused-ring (bicyclic) bond motifs is 1. The molecule has 1 amide bonds. The Hall–Kier alpha value is -2.40. The number of carbonyl (C=O) groups is 1. The smallest absolute Gasteiger partial charge is 0.234 e. The largest absolute Gasteiger partial charge is 0.325 e. The van der Waals surface area contributed by atoms with Crippen LogP contribution in [0, 0.1) is 13.8 Å². The Balaban J connectivity index is 1.53. The number of nitrogens with one attached hydrogen (secondary N) is 1. The molecule has 0 aliphatic heterocycles. The van der Waals surface area contributed by atoms with Crippen LogP contribution in [0.2, 0.25) is 0 Å². The van der Waals surface area contributed by atoms with Crippen LogP contribution in [0.15, 0.2) is 47.5 Å². The minimum Gasteiger partial charge on any atom is -0.325 e. The number of aryl methyl sites for hydroxylation is 2. The zero-order valence-corrected chi connectivity index (χ0v) is 15.8. The molecule has 1 aliphatic rings. The lowest BCUT2D eigenvalue weighted by Gasteiger charge is -2.12. The number of anilines is 1. The Morgan fingerprint density at radius 1 is 1.08 bits per heavy atom. The normalized spacial score (nSPS) is 13.8. The highest BCUT2D eigenvalue weighted by Crippen LogP contribution is 2.39. The maximum absolute atomic E-state index is 12.5. The van der Waals surface area contributed by atoms with E-state index in [-0.39, 0.29) is 5.91 Å². The fourth-order valence-corrected chi connectivity index (χ4v) is 3.85. The second-order valence-electron chi connectivity index (χ2n) is 6.78. The van der Waals surface area contributed by atoms with Crippen LogP contribution in [-0.4, -0.2) is 21.6 Å². The molecular weight excluding hydrogens is 342 g/mol. The van der Waals surface area contributed by atoms with Gasteiger partial charge in [0.15, 0.2) is 0 Å². The van der Waals surface area contributed by atoms with Crippen molar-refractivity contribution in [1.29, 1.82) is 0 Å². The molecule has 0 unspecified atom stereocenters.